The fourth-order valence-electron chi connectivity index (χ4n) is 2.66. The highest BCUT2D eigenvalue weighted by Crippen LogP contribution is 2.25. The second-order valence-electron chi connectivity index (χ2n) is 5.78. The number of hydrogen-bond acceptors (Lipinski definition) is 5. The third-order valence-electron chi connectivity index (χ3n) is 3.95. The molecule has 3 rings (SSSR count). The standard InChI is InChI=1S/C17H16ClN5O2/c1-23-15(24)9-13(16(22-23)17(19)25)14-6-5-12(20-21-14)8-10-3-2-4-11(18)7-10/h2-7,13H,8-9H2,1H3,(H2,19,25). The van der Waals surface area contributed by atoms with Crippen molar-refractivity contribution >= 4 is 29.1 Å². The summed E-state index contributed by atoms with van der Waals surface area (Å²) >= 11 is 5.98. The molecule has 0 saturated heterocycles. The molecule has 0 saturated carbocycles. The number of nitrogens with zero attached hydrogens (tertiary/aromatic N) is 4. The van der Waals surface area contributed by atoms with Crippen molar-refractivity contribution in [2.24, 2.45) is 10.8 Å². The van der Waals surface area contributed by atoms with Crippen LogP contribution in [0.3, 0.4) is 0 Å². The molecule has 1 unspecified atom stereocenters. The molecule has 2 aromatic rings. The van der Waals surface area contributed by atoms with Crippen LogP contribution in [0.25, 0.3) is 0 Å². The predicted molar refractivity (Wildman–Crippen MR) is 93.0 cm³/mol. The van der Waals surface area contributed by atoms with Crippen LogP contribution < -0.4 is 5.73 Å². The summed E-state index contributed by atoms with van der Waals surface area (Å²) in [4.78, 5) is 23.5. The molecular formula is C17H16ClN5O2. The zero-order valence-electron chi connectivity index (χ0n) is 13.5. The van der Waals surface area contributed by atoms with E-state index < -0.39 is 11.8 Å². The summed E-state index contributed by atoms with van der Waals surface area (Å²) in [7, 11) is 1.49. The van der Waals surface area contributed by atoms with Crippen LogP contribution in [0.5, 0.6) is 0 Å². The fourth-order valence-corrected chi connectivity index (χ4v) is 2.88. The van der Waals surface area contributed by atoms with Crippen molar-refractivity contribution in [3.05, 3.63) is 58.4 Å². The maximum atomic E-state index is 11.9. The summed E-state index contributed by atoms with van der Waals surface area (Å²) in [5.41, 5.74) is 7.75. The largest absolute Gasteiger partial charge is 0.364 e. The zero-order chi connectivity index (χ0) is 18.0. The molecule has 1 aromatic heterocycles. The molecule has 2 N–H and O–H groups in total. The van der Waals surface area contributed by atoms with Gasteiger partial charge in [-0.25, -0.2) is 5.01 Å². The Kier molecular flexibility index (Phi) is 4.76. The number of benzene rings is 1. The molecule has 0 spiro atoms. The third-order valence-corrected chi connectivity index (χ3v) is 4.19. The van der Waals surface area contributed by atoms with E-state index in [0.29, 0.717) is 17.1 Å². The van der Waals surface area contributed by atoms with Gasteiger partial charge in [-0.15, -0.1) is 0 Å². The van der Waals surface area contributed by atoms with Crippen LogP contribution in [0.1, 0.15) is 29.3 Å². The van der Waals surface area contributed by atoms with E-state index in [1.54, 1.807) is 6.07 Å². The Labute approximate surface area is 149 Å². The molecule has 1 atom stereocenters. The summed E-state index contributed by atoms with van der Waals surface area (Å²) in [5.74, 6) is -1.46. The van der Waals surface area contributed by atoms with Crippen LogP contribution in [0, 0.1) is 0 Å². The summed E-state index contributed by atoms with van der Waals surface area (Å²) in [6.45, 7) is 0. The van der Waals surface area contributed by atoms with Crippen LogP contribution in [0.4, 0.5) is 0 Å². The van der Waals surface area contributed by atoms with Crippen molar-refractivity contribution in [3.63, 3.8) is 0 Å². The molecule has 2 amide bonds. The first-order valence-electron chi connectivity index (χ1n) is 7.66. The predicted octanol–water partition coefficient (Wildman–Crippen LogP) is 1.51. The number of hydrogen-bond donors (Lipinski definition) is 1. The Balaban J connectivity index is 1.83. The molecule has 25 heavy (non-hydrogen) atoms. The van der Waals surface area contributed by atoms with E-state index in [2.05, 4.69) is 15.3 Å². The smallest absolute Gasteiger partial charge is 0.265 e. The number of hydrazone groups is 1. The van der Waals surface area contributed by atoms with Gasteiger partial charge in [-0.2, -0.15) is 15.3 Å². The maximum Gasteiger partial charge on any atom is 0.265 e. The first-order valence-corrected chi connectivity index (χ1v) is 8.03. The highest BCUT2D eigenvalue weighted by molar-refractivity contribution is 6.41. The number of rotatable bonds is 4. The van der Waals surface area contributed by atoms with Gasteiger partial charge in [-0.3, -0.25) is 9.59 Å². The van der Waals surface area contributed by atoms with Crippen molar-refractivity contribution in [2.45, 2.75) is 18.8 Å². The Morgan fingerprint density at radius 3 is 2.76 bits per heavy atom. The monoisotopic (exact) mass is 357 g/mol. The van der Waals surface area contributed by atoms with Crippen LogP contribution >= 0.6 is 11.6 Å². The van der Waals surface area contributed by atoms with E-state index in [4.69, 9.17) is 17.3 Å². The second kappa shape index (κ2) is 6.98. The third kappa shape index (κ3) is 3.83. The summed E-state index contributed by atoms with van der Waals surface area (Å²) in [5, 5.41) is 14.1. The van der Waals surface area contributed by atoms with E-state index in [1.165, 1.54) is 7.05 Å². The molecule has 128 valence electrons. The maximum absolute atomic E-state index is 11.9. The van der Waals surface area contributed by atoms with E-state index in [9.17, 15) is 9.59 Å². The number of carbonyl (C=O) groups is 2. The Morgan fingerprint density at radius 1 is 1.32 bits per heavy atom. The first-order chi connectivity index (χ1) is 11.9. The highest BCUT2D eigenvalue weighted by Gasteiger charge is 2.33. The first kappa shape index (κ1) is 17.0. The number of aromatic nitrogens is 2. The number of carbonyl (C=O) groups excluding carboxylic acids is 2. The van der Waals surface area contributed by atoms with Crippen molar-refractivity contribution in [1.29, 1.82) is 0 Å². The van der Waals surface area contributed by atoms with E-state index in [0.717, 1.165) is 16.3 Å². The minimum Gasteiger partial charge on any atom is -0.364 e. The van der Waals surface area contributed by atoms with E-state index in [1.807, 2.05) is 30.3 Å². The molecular weight excluding hydrogens is 342 g/mol. The van der Waals surface area contributed by atoms with Crippen LogP contribution in [-0.4, -0.2) is 39.8 Å². The van der Waals surface area contributed by atoms with Gasteiger partial charge in [0.05, 0.1) is 17.3 Å². The van der Waals surface area contributed by atoms with Gasteiger partial charge in [0.15, 0.2) is 0 Å². The van der Waals surface area contributed by atoms with Gasteiger partial charge in [0.25, 0.3) is 5.91 Å². The SMILES string of the molecule is CN1N=C(C(N)=O)C(c2ccc(Cc3cccc(Cl)c3)nn2)CC1=O. The molecule has 8 heteroatoms. The van der Waals surface area contributed by atoms with Crippen molar-refractivity contribution in [3.8, 4) is 0 Å². The minimum atomic E-state index is -0.672. The average molecular weight is 358 g/mol. The molecule has 0 aliphatic carbocycles. The molecule has 1 aromatic carbocycles. The number of nitrogens with two attached hydrogens (primary N) is 1. The fraction of sp³-hybridized carbons (Fsp3) is 0.235. The molecule has 7 nitrogen and oxygen atoms in total. The average Bonchev–Trinajstić information content (AvgIpc) is 2.57. The summed E-state index contributed by atoms with van der Waals surface area (Å²) in [6.07, 6.45) is 0.664. The normalized spacial score (nSPS) is 17.4. The minimum absolute atomic E-state index is 0.0839. The summed E-state index contributed by atoms with van der Waals surface area (Å²) in [6, 6.07) is 11.1. The molecule has 1 aliphatic heterocycles. The lowest BCUT2D eigenvalue weighted by Crippen LogP contribution is -2.40. The van der Waals surface area contributed by atoms with E-state index >= 15 is 0 Å². The topological polar surface area (TPSA) is 102 Å². The molecule has 0 fully saturated rings. The highest BCUT2D eigenvalue weighted by atomic mass is 35.5. The summed E-state index contributed by atoms with van der Waals surface area (Å²) < 4.78 is 0. The van der Waals surface area contributed by atoms with Gasteiger partial charge in [-0.05, 0) is 29.8 Å². The van der Waals surface area contributed by atoms with Gasteiger partial charge in [-0.1, -0.05) is 23.7 Å². The Bertz CT molecular complexity index is 850. The Hall–Kier alpha value is -2.80. The lowest BCUT2D eigenvalue weighted by molar-refractivity contribution is -0.130. The van der Waals surface area contributed by atoms with Gasteiger partial charge in [0.1, 0.15) is 5.71 Å². The molecule has 1 aliphatic rings. The van der Waals surface area contributed by atoms with E-state index in [-0.39, 0.29) is 18.0 Å². The van der Waals surface area contributed by atoms with Gasteiger partial charge in [0, 0.05) is 24.9 Å². The zero-order valence-corrected chi connectivity index (χ0v) is 14.3. The van der Waals surface area contributed by atoms with Crippen molar-refractivity contribution in [2.75, 3.05) is 7.05 Å². The second-order valence-corrected chi connectivity index (χ2v) is 6.22. The number of amides is 2. The number of primary amides is 1. The number of halogens is 1. The quantitative estimate of drug-likeness (QED) is 0.895. The molecule has 0 bridgehead atoms. The van der Waals surface area contributed by atoms with Gasteiger partial charge >= 0.3 is 0 Å². The molecule has 2 heterocycles. The van der Waals surface area contributed by atoms with Gasteiger partial charge < -0.3 is 5.73 Å². The van der Waals surface area contributed by atoms with Crippen LogP contribution in [0.15, 0.2) is 41.5 Å². The van der Waals surface area contributed by atoms with Crippen molar-refractivity contribution < 1.29 is 9.59 Å². The lowest BCUT2D eigenvalue weighted by atomic mass is 9.93. The van der Waals surface area contributed by atoms with Crippen LogP contribution in [-0.2, 0) is 16.0 Å². The van der Waals surface area contributed by atoms with Gasteiger partial charge in [0.2, 0.25) is 5.91 Å². The Morgan fingerprint density at radius 2 is 2.12 bits per heavy atom. The lowest BCUT2D eigenvalue weighted by Gasteiger charge is -2.24. The van der Waals surface area contributed by atoms with Crippen LogP contribution in [0.2, 0.25) is 5.02 Å². The molecule has 0 radical (unpaired) electrons. The van der Waals surface area contributed by atoms with Crippen molar-refractivity contribution in [1.82, 2.24) is 15.2 Å².